The van der Waals surface area contributed by atoms with Crippen LogP contribution in [0.25, 0.3) is 0 Å². The Bertz CT molecular complexity index is 308. The van der Waals surface area contributed by atoms with Crippen LogP contribution in [0.5, 0.6) is 0 Å². The molecule has 0 aliphatic rings. The summed E-state index contributed by atoms with van der Waals surface area (Å²) >= 11 is 0. The van der Waals surface area contributed by atoms with E-state index < -0.39 is 12.6 Å². The van der Waals surface area contributed by atoms with Crippen molar-refractivity contribution in [3.63, 3.8) is 0 Å². The number of ether oxygens (including phenoxy) is 1. The van der Waals surface area contributed by atoms with Crippen LogP contribution in [0.3, 0.4) is 0 Å². The second kappa shape index (κ2) is 4.39. The molecule has 0 radical (unpaired) electrons. The Morgan fingerprint density at radius 3 is 3.08 bits per heavy atom. The quantitative estimate of drug-likeness (QED) is 0.395. The summed E-state index contributed by atoms with van der Waals surface area (Å²) in [6.07, 6.45) is 1.54. The van der Waals surface area contributed by atoms with Crippen LogP contribution >= 0.6 is 0 Å². The average molecular weight is 185 g/mol. The molecule has 0 N–H and O–H groups in total. The van der Waals surface area contributed by atoms with Gasteiger partial charge in [-0.05, 0) is 12.1 Å². The average Bonchev–Trinajstić information content (AvgIpc) is 2.54. The van der Waals surface area contributed by atoms with Gasteiger partial charge in [0, 0.05) is 6.20 Å². The van der Waals surface area contributed by atoms with Gasteiger partial charge in [-0.25, -0.2) is 9.18 Å². The van der Waals surface area contributed by atoms with Crippen LogP contribution in [0.15, 0.2) is 18.3 Å². The van der Waals surface area contributed by atoms with Gasteiger partial charge in [-0.15, -0.1) is 0 Å². The minimum atomic E-state index is -0.770. The first-order valence-corrected chi connectivity index (χ1v) is 3.65. The van der Waals surface area contributed by atoms with E-state index in [0.717, 1.165) is 0 Å². The minimum Gasteiger partial charge on any atom is -0.391 e. The third kappa shape index (κ3) is 2.14. The molecule has 0 unspecified atom stereocenters. The smallest absolute Gasteiger partial charge is 0.362 e. The maximum atomic E-state index is 11.9. The van der Waals surface area contributed by atoms with E-state index in [1.165, 1.54) is 10.6 Å². The number of aryl methyl sites for hydroxylation is 1. The lowest BCUT2D eigenvalue weighted by Crippen LogP contribution is -2.11. The predicted molar refractivity (Wildman–Crippen MR) is 41.9 cm³/mol. The molecule has 0 saturated heterocycles. The first kappa shape index (κ1) is 9.44. The molecule has 13 heavy (non-hydrogen) atoms. The fraction of sp³-hybridized carbons (Fsp3) is 0.250. The lowest BCUT2D eigenvalue weighted by molar-refractivity contribution is -0.123. The first-order chi connectivity index (χ1) is 6.29. The van der Waals surface area contributed by atoms with Gasteiger partial charge in [0.15, 0.2) is 0 Å². The third-order valence-electron chi connectivity index (χ3n) is 1.52. The molecule has 0 aliphatic heterocycles. The van der Waals surface area contributed by atoms with Crippen LogP contribution in [0.4, 0.5) is 4.39 Å². The standard InChI is InChI=1S/C8H8FNO3/c9-3-5-10-4-1-2-7(10)8(12)13-6-11/h1-2,4,6H,3,5H2. The van der Waals surface area contributed by atoms with Gasteiger partial charge >= 0.3 is 12.4 Å². The zero-order valence-corrected chi connectivity index (χ0v) is 6.77. The summed E-state index contributed by atoms with van der Waals surface area (Å²) in [6.45, 7) is -0.443. The molecule has 5 heteroatoms. The molecule has 1 rings (SSSR count). The van der Waals surface area contributed by atoms with Crippen molar-refractivity contribution in [3.05, 3.63) is 24.0 Å². The molecule has 0 amide bonds. The topological polar surface area (TPSA) is 48.3 Å². The van der Waals surface area contributed by atoms with Crippen molar-refractivity contribution in [3.8, 4) is 0 Å². The van der Waals surface area contributed by atoms with E-state index in [1.54, 1.807) is 12.3 Å². The highest BCUT2D eigenvalue weighted by molar-refractivity contribution is 5.91. The van der Waals surface area contributed by atoms with Gasteiger partial charge in [0.2, 0.25) is 0 Å². The van der Waals surface area contributed by atoms with Gasteiger partial charge in [0.1, 0.15) is 12.4 Å². The predicted octanol–water partition coefficient (Wildman–Crippen LogP) is 0.771. The Morgan fingerprint density at radius 2 is 2.46 bits per heavy atom. The third-order valence-corrected chi connectivity index (χ3v) is 1.52. The number of carbonyl (C=O) groups is 2. The van der Waals surface area contributed by atoms with Crippen molar-refractivity contribution in [2.24, 2.45) is 0 Å². The Labute approximate surface area is 73.9 Å². The monoisotopic (exact) mass is 185 g/mol. The number of hydrogen-bond acceptors (Lipinski definition) is 3. The summed E-state index contributed by atoms with van der Waals surface area (Å²) in [5, 5.41) is 0. The van der Waals surface area contributed by atoms with E-state index >= 15 is 0 Å². The van der Waals surface area contributed by atoms with Crippen LogP contribution in [0.1, 0.15) is 10.5 Å². The summed E-state index contributed by atoms with van der Waals surface area (Å²) in [4.78, 5) is 20.9. The van der Waals surface area contributed by atoms with Crippen molar-refractivity contribution in [2.45, 2.75) is 6.54 Å². The molecule has 0 spiro atoms. The second-order valence-electron chi connectivity index (χ2n) is 2.28. The van der Waals surface area contributed by atoms with Crippen LogP contribution in [0, 0.1) is 0 Å². The van der Waals surface area contributed by atoms with Gasteiger partial charge in [0.05, 0.1) is 6.54 Å². The molecule has 0 aromatic carbocycles. The van der Waals surface area contributed by atoms with E-state index in [1.807, 2.05) is 0 Å². The maximum absolute atomic E-state index is 11.9. The highest BCUT2D eigenvalue weighted by Crippen LogP contribution is 2.03. The lowest BCUT2D eigenvalue weighted by Gasteiger charge is -2.02. The molecular weight excluding hydrogens is 177 g/mol. The zero-order valence-electron chi connectivity index (χ0n) is 6.77. The molecule has 1 aromatic heterocycles. The molecule has 0 aliphatic carbocycles. The Balaban J connectivity index is 2.80. The number of rotatable bonds is 4. The lowest BCUT2D eigenvalue weighted by atomic mass is 10.4. The van der Waals surface area contributed by atoms with E-state index in [4.69, 9.17) is 0 Å². The van der Waals surface area contributed by atoms with Crippen LogP contribution in [0.2, 0.25) is 0 Å². The molecule has 0 saturated carbocycles. The highest BCUT2D eigenvalue weighted by Gasteiger charge is 2.11. The van der Waals surface area contributed by atoms with Crippen molar-refractivity contribution >= 4 is 12.4 Å². The number of esters is 1. The van der Waals surface area contributed by atoms with Gasteiger partial charge < -0.3 is 9.30 Å². The van der Waals surface area contributed by atoms with Crippen LogP contribution in [-0.2, 0) is 16.1 Å². The molecule has 0 bridgehead atoms. The number of hydrogen-bond donors (Lipinski definition) is 0. The first-order valence-electron chi connectivity index (χ1n) is 3.65. The zero-order chi connectivity index (χ0) is 9.68. The Morgan fingerprint density at radius 1 is 1.69 bits per heavy atom. The van der Waals surface area contributed by atoms with Gasteiger partial charge in [-0.2, -0.15) is 0 Å². The molecular formula is C8H8FNO3. The van der Waals surface area contributed by atoms with Gasteiger partial charge in [-0.3, -0.25) is 4.79 Å². The largest absolute Gasteiger partial charge is 0.391 e. The minimum absolute atomic E-state index is 0.0507. The molecule has 1 aromatic rings. The van der Waals surface area contributed by atoms with E-state index in [2.05, 4.69) is 4.74 Å². The fourth-order valence-corrected chi connectivity index (χ4v) is 0.990. The normalized spacial score (nSPS) is 9.62. The van der Waals surface area contributed by atoms with E-state index in [-0.39, 0.29) is 18.7 Å². The Hall–Kier alpha value is -1.65. The van der Waals surface area contributed by atoms with Gasteiger partial charge in [-0.1, -0.05) is 0 Å². The number of alkyl halides is 1. The summed E-state index contributed by atoms with van der Waals surface area (Å²) in [5.74, 6) is -0.770. The van der Waals surface area contributed by atoms with Crippen molar-refractivity contribution in [2.75, 3.05) is 6.67 Å². The summed E-state index contributed by atoms with van der Waals surface area (Å²) in [7, 11) is 0. The Kier molecular flexibility index (Phi) is 3.19. The summed E-state index contributed by atoms with van der Waals surface area (Å²) in [5.41, 5.74) is 0.171. The van der Waals surface area contributed by atoms with Crippen molar-refractivity contribution in [1.82, 2.24) is 4.57 Å². The van der Waals surface area contributed by atoms with Crippen molar-refractivity contribution in [1.29, 1.82) is 0 Å². The van der Waals surface area contributed by atoms with Crippen LogP contribution in [-0.4, -0.2) is 23.7 Å². The highest BCUT2D eigenvalue weighted by atomic mass is 19.1. The fourth-order valence-electron chi connectivity index (χ4n) is 0.990. The summed E-state index contributed by atoms with van der Waals surface area (Å²) in [6, 6.07) is 3.04. The SMILES string of the molecule is O=COC(=O)c1cccn1CCF. The maximum Gasteiger partial charge on any atom is 0.362 e. The number of aromatic nitrogens is 1. The molecule has 70 valence electrons. The second-order valence-corrected chi connectivity index (χ2v) is 2.28. The van der Waals surface area contributed by atoms with E-state index in [0.29, 0.717) is 0 Å². The number of halogens is 1. The van der Waals surface area contributed by atoms with Crippen molar-refractivity contribution < 1.29 is 18.7 Å². The number of nitrogens with zero attached hydrogens (tertiary/aromatic N) is 1. The molecule has 0 atom stereocenters. The molecule has 1 heterocycles. The van der Waals surface area contributed by atoms with Gasteiger partial charge in [0.25, 0.3) is 0 Å². The molecule has 4 nitrogen and oxygen atoms in total. The number of carbonyl (C=O) groups excluding carboxylic acids is 2. The summed E-state index contributed by atoms with van der Waals surface area (Å²) < 4.78 is 17.4. The van der Waals surface area contributed by atoms with E-state index in [9.17, 15) is 14.0 Å². The van der Waals surface area contributed by atoms with Crippen LogP contribution < -0.4 is 0 Å². The molecule has 0 fully saturated rings.